The molecule has 0 saturated carbocycles. The second-order valence-corrected chi connectivity index (χ2v) is 8.45. The summed E-state index contributed by atoms with van der Waals surface area (Å²) < 4.78 is 34.0. The van der Waals surface area contributed by atoms with Crippen molar-refractivity contribution in [2.45, 2.75) is 18.7 Å². The zero-order valence-corrected chi connectivity index (χ0v) is 18.1. The number of hydrogen-bond donors (Lipinski definition) is 2. The van der Waals surface area contributed by atoms with Crippen LogP contribution >= 0.6 is 0 Å². The van der Waals surface area contributed by atoms with Gasteiger partial charge in [0.1, 0.15) is 5.75 Å². The molecule has 6 nitrogen and oxygen atoms in total. The number of hydrogen-bond acceptors (Lipinski definition) is 4. The monoisotopic (exact) mass is 435 g/mol. The highest BCUT2D eigenvalue weighted by atomic mass is 32.2. The Kier molecular flexibility index (Phi) is 6.33. The molecule has 158 valence electrons. The number of sulfonamides is 1. The van der Waals surface area contributed by atoms with Crippen LogP contribution in [0.5, 0.6) is 5.75 Å². The Morgan fingerprint density at radius 1 is 0.935 bits per heavy atom. The number of rotatable bonds is 5. The van der Waals surface area contributed by atoms with Crippen molar-refractivity contribution in [3.05, 3.63) is 88.5 Å². The molecule has 3 rings (SSSR count). The summed E-state index contributed by atoms with van der Waals surface area (Å²) >= 11 is 0. The molecule has 0 spiro atoms. The third-order valence-electron chi connectivity index (χ3n) is 4.84. The van der Waals surface area contributed by atoms with E-state index in [0.29, 0.717) is 28.1 Å². The van der Waals surface area contributed by atoms with Crippen molar-refractivity contribution in [3.8, 4) is 17.6 Å². The smallest absolute Gasteiger partial charge is 0.335 e. The van der Waals surface area contributed by atoms with E-state index in [2.05, 4.69) is 16.6 Å². The number of aromatic carboxylic acids is 1. The molecular formula is C24H21NO5S. The molecule has 0 heterocycles. The van der Waals surface area contributed by atoms with Crippen LogP contribution in [-0.2, 0) is 10.0 Å². The summed E-state index contributed by atoms with van der Waals surface area (Å²) in [5.41, 5.74) is 2.99. The molecule has 3 aromatic carbocycles. The van der Waals surface area contributed by atoms with Gasteiger partial charge < -0.3 is 9.84 Å². The molecule has 0 aliphatic rings. The number of carboxylic acid groups (broad SMARTS) is 1. The van der Waals surface area contributed by atoms with Crippen molar-refractivity contribution in [1.29, 1.82) is 0 Å². The first kappa shape index (κ1) is 21.9. The maximum atomic E-state index is 13.0. The Balaban J connectivity index is 1.93. The van der Waals surface area contributed by atoms with Gasteiger partial charge in [0.05, 0.1) is 23.3 Å². The lowest BCUT2D eigenvalue weighted by Gasteiger charge is -2.15. The van der Waals surface area contributed by atoms with Gasteiger partial charge in [-0.1, -0.05) is 24.0 Å². The summed E-state index contributed by atoms with van der Waals surface area (Å²) in [6, 6.07) is 16.1. The van der Waals surface area contributed by atoms with E-state index < -0.39 is 16.0 Å². The minimum Gasteiger partial charge on any atom is -0.496 e. The largest absolute Gasteiger partial charge is 0.496 e. The predicted octanol–water partition coefficient (Wildman–Crippen LogP) is 4.21. The molecule has 0 radical (unpaired) electrons. The van der Waals surface area contributed by atoms with Crippen LogP contribution in [0.3, 0.4) is 0 Å². The van der Waals surface area contributed by atoms with Gasteiger partial charge in [0.25, 0.3) is 10.0 Å². The maximum absolute atomic E-state index is 13.0. The number of nitrogens with one attached hydrogen (secondary N) is 1. The van der Waals surface area contributed by atoms with E-state index in [1.807, 2.05) is 6.92 Å². The van der Waals surface area contributed by atoms with Crippen LogP contribution in [0.15, 0.2) is 65.6 Å². The van der Waals surface area contributed by atoms with E-state index in [1.165, 1.54) is 18.2 Å². The van der Waals surface area contributed by atoms with Crippen LogP contribution in [0.4, 0.5) is 5.69 Å². The van der Waals surface area contributed by atoms with Crippen LogP contribution in [0.25, 0.3) is 0 Å². The second kappa shape index (κ2) is 8.94. The highest BCUT2D eigenvalue weighted by Crippen LogP contribution is 2.28. The Bertz CT molecular complexity index is 1300. The van der Waals surface area contributed by atoms with Crippen LogP contribution < -0.4 is 9.46 Å². The molecule has 0 aromatic heterocycles. The van der Waals surface area contributed by atoms with E-state index in [0.717, 1.165) is 5.56 Å². The molecule has 0 atom stereocenters. The molecule has 0 fully saturated rings. The van der Waals surface area contributed by atoms with Gasteiger partial charge in [0, 0.05) is 11.1 Å². The molecule has 0 saturated heterocycles. The zero-order valence-electron chi connectivity index (χ0n) is 17.3. The first-order valence-corrected chi connectivity index (χ1v) is 10.8. The molecular weight excluding hydrogens is 414 g/mol. The summed E-state index contributed by atoms with van der Waals surface area (Å²) in [6.07, 6.45) is 0. The Labute approximate surface area is 181 Å². The van der Waals surface area contributed by atoms with Gasteiger partial charge in [0.2, 0.25) is 0 Å². The van der Waals surface area contributed by atoms with Crippen molar-refractivity contribution >= 4 is 21.7 Å². The topological polar surface area (TPSA) is 92.7 Å². The van der Waals surface area contributed by atoms with Crippen LogP contribution in [0, 0.1) is 25.7 Å². The molecule has 3 aromatic rings. The Morgan fingerprint density at radius 2 is 1.61 bits per heavy atom. The zero-order chi connectivity index (χ0) is 22.6. The van der Waals surface area contributed by atoms with Gasteiger partial charge in [-0.05, 0) is 73.5 Å². The number of ether oxygens (including phenoxy) is 1. The van der Waals surface area contributed by atoms with Crippen molar-refractivity contribution in [2.75, 3.05) is 11.8 Å². The van der Waals surface area contributed by atoms with Gasteiger partial charge in [-0.2, -0.15) is 0 Å². The van der Waals surface area contributed by atoms with Crippen molar-refractivity contribution in [1.82, 2.24) is 0 Å². The standard InChI is InChI=1S/C24H21NO5S/c1-16-17(2)23(15-14-22(16)30-3)31(28,29)25-21-7-5-4-6-19(21)11-8-18-9-12-20(13-10-18)24(26)27/h4-7,9-10,12-15,25H,1-3H3,(H,26,27). The number of carbonyl (C=O) groups is 1. The Morgan fingerprint density at radius 3 is 2.26 bits per heavy atom. The van der Waals surface area contributed by atoms with Gasteiger partial charge in [-0.25, -0.2) is 13.2 Å². The van der Waals surface area contributed by atoms with E-state index in [-0.39, 0.29) is 10.5 Å². The average Bonchev–Trinajstić information content (AvgIpc) is 2.75. The number of benzene rings is 3. The number of para-hydroxylation sites is 1. The molecule has 0 unspecified atom stereocenters. The third-order valence-corrected chi connectivity index (χ3v) is 6.35. The molecule has 0 aliphatic heterocycles. The highest BCUT2D eigenvalue weighted by Gasteiger charge is 2.20. The summed E-state index contributed by atoms with van der Waals surface area (Å²) in [5.74, 6) is 5.50. The average molecular weight is 436 g/mol. The summed E-state index contributed by atoms with van der Waals surface area (Å²) in [5, 5.41) is 8.98. The first-order valence-electron chi connectivity index (χ1n) is 9.34. The van der Waals surface area contributed by atoms with Gasteiger partial charge >= 0.3 is 5.97 Å². The molecule has 2 N–H and O–H groups in total. The number of carboxylic acids is 1. The molecule has 0 bridgehead atoms. The van der Waals surface area contributed by atoms with Crippen LogP contribution in [0.1, 0.15) is 32.6 Å². The van der Waals surface area contributed by atoms with Gasteiger partial charge in [-0.3, -0.25) is 4.72 Å². The fourth-order valence-electron chi connectivity index (χ4n) is 3.00. The molecule has 0 amide bonds. The lowest BCUT2D eigenvalue weighted by molar-refractivity contribution is 0.0697. The van der Waals surface area contributed by atoms with Crippen molar-refractivity contribution in [3.63, 3.8) is 0 Å². The summed E-state index contributed by atoms with van der Waals surface area (Å²) in [7, 11) is -2.31. The molecule has 0 aliphatic carbocycles. The van der Waals surface area contributed by atoms with Crippen LogP contribution in [0.2, 0.25) is 0 Å². The molecule has 7 heteroatoms. The van der Waals surface area contributed by atoms with Crippen LogP contribution in [-0.4, -0.2) is 26.6 Å². The van der Waals surface area contributed by atoms with Gasteiger partial charge in [0.15, 0.2) is 0 Å². The van der Waals surface area contributed by atoms with E-state index >= 15 is 0 Å². The number of anilines is 1. The number of methoxy groups -OCH3 is 1. The van der Waals surface area contributed by atoms with E-state index in [1.54, 1.807) is 56.5 Å². The first-order chi connectivity index (χ1) is 14.7. The lowest BCUT2D eigenvalue weighted by atomic mass is 10.1. The van der Waals surface area contributed by atoms with Crippen molar-refractivity contribution < 1.29 is 23.1 Å². The van der Waals surface area contributed by atoms with E-state index in [9.17, 15) is 13.2 Å². The maximum Gasteiger partial charge on any atom is 0.335 e. The minimum atomic E-state index is -3.85. The normalized spacial score (nSPS) is 10.7. The summed E-state index contributed by atoms with van der Waals surface area (Å²) in [4.78, 5) is 11.1. The lowest BCUT2D eigenvalue weighted by Crippen LogP contribution is -2.15. The van der Waals surface area contributed by atoms with Crippen molar-refractivity contribution in [2.24, 2.45) is 0 Å². The van der Waals surface area contributed by atoms with E-state index in [4.69, 9.17) is 9.84 Å². The Hall–Kier alpha value is -3.76. The third kappa shape index (κ3) is 4.87. The summed E-state index contributed by atoms with van der Waals surface area (Å²) in [6.45, 7) is 3.54. The molecule has 31 heavy (non-hydrogen) atoms. The fourth-order valence-corrected chi connectivity index (χ4v) is 4.38. The van der Waals surface area contributed by atoms with Gasteiger partial charge in [-0.15, -0.1) is 0 Å². The second-order valence-electron chi connectivity index (χ2n) is 6.80. The minimum absolute atomic E-state index is 0.165. The highest BCUT2D eigenvalue weighted by molar-refractivity contribution is 7.92. The predicted molar refractivity (Wildman–Crippen MR) is 119 cm³/mol. The quantitative estimate of drug-likeness (QED) is 0.586. The SMILES string of the molecule is COc1ccc(S(=O)(=O)Nc2ccccc2C#Cc2ccc(C(=O)O)cc2)c(C)c1C. The fraction of sp³-hybridized carbons (Fsp3) is 0.125.